The predicted molar refractivity (Wildman–Crippen MR) is 40.9 cm³/mol. The fourth-order valence-corrected chi connectivity index (χ4v) is 0.807. The van der Waals surface area contributed by atoms with Gasteiger partial charge in [0.25, 0.3) is 0 Å². The summed E-state index contributed by atoms with van der Waals surface area (Å²) in [7, 11) is 0. The number of rotatable bonds is 1. The van der Waals surface area contributed by atoms with Gasteiger partial charge in [0.1, 0.15) is 5.76 Å². The molecule has 2 nitrogen and oxygen atoms in total. The monoisotopic (exact) mass is 159 g/mol. The van der Waals surface area contributed by atoms with Gasteiger partial charge in [0, 0.05) is 0 Å². The Morgan fingerprint density at radius 1 is 1.50 bits per heavy atom. The van der Waals surface area contributed by atoms with Gasteiger partial charge in [0.05, 0.1) is 5.54 Å². The molecule has 0 saturated carbocycles. The Bertz CT molecular complexity index is 224. The molecule has 1 aromatic rings. The van der Waals surface area contributed by atoms with Crippen molar-refractivity contribution >= 4 is 11.6 Å². The first-order valence-corrected chi connectivity index (χ1v) is 3.42. The number of halogens is 1. The molecule has 3 heteroatoms. The summed E-state index contributed by atoms with van der Waals surface area (Å²) in [5.74, 6) is 0.706. The molecule has 0 fully saturated rings. The van der Waals surface area contributed by atoms with Gasteiger partial charge in [0.15, 0.2) is 5.22 Å². The minimum absolute atomic E-state index is 0.383. The molecular formula is C7H10ClNO. The van der Waals surface area contributed by atoms with Crippen LogP contribution < -0.4 is 5.73 Å². The first kappa shape index (κ1) is 7.63. The van der Waals surface area contributed by atoms with Crippen LogP contribution in [0.4, 0.5) is 0 Å². The molecule has 1 heterocycles. The molecular weight excluding hydrogens is 150 g/mol. The third kappa shape index (κ3) is 1.52. The molecule has 1 rings (SSSR count). The number of hydrogen-bond donors (Lipinski definition) is 1. The molecule has 0 spiro atoms. The molecule has 0 bridgehead atoms. The Morgan fingerprint density at radius 3 is 2.30 bits per heavy atom. The summed E-state index contributed by atoms with van der Waals surface area (Å²) in [5, 5.41) is 0.383. The third-order valence-electron chi connectivity index (χ3n) is 1.21. The first-order chi connectivity index (χ1) is 4.50. The van der Waals surface area contributed by atoms with Gasteiger partial charge in [-0.25, -0.2) is 0 Å². The molecule has 0 aliphatic heterocycles. The van der Waals surface area contributed by atoms with Crippen molar-refractivity contribution in [3.8, 4) is 0 Å². The minimum Gasteiger partial charge on any atom is -0.448 e. The average molecular weight is 160 g/mol. The van der Waals surface area contributed by atoms with Crippen LogP contribution in [-0.4, -0.2) is 0 Å². The second kappa shape index (κ2) is 2.29. The summed E-state index contributed by atoms with van der Waals surface area (Å²) in [5.41, 5.74) is 5.28. The van der Waals surface area contributed by atoms with Crippen molar-refractivity contribution in [2.45, 2.75) is 19.4 Å². The fourth-order valence-electron chi connectivity index (χ4n) is 0.661. The van der Waals surface area contributed by atoms with Crippen LogP contribution in [0.15, 0.2) is 16.5 Å². The van der Waals surface area contributed by atoms with Crippen LogP contribution in [0, 0.1) is 0 Å². The predicted octanol–water partition coefficient (Wildman–Crippen LogP) is 2.13. The van der Waals surface area contributed by atoms with Crippen LogP contribution in [0.2, 0.25) is 5.22 Å². The minimum atomic E-state index is -0.437. The van der Waals surface area contributed by atoms with E-state index in [-0.39, 0.29) is 0 Å². The average Bonchev–Trinajstić information content (AvgIpc) is 2.11. The summed E-state index contributed by atoms with van der Waals surface area (Å²) in [6, 6.07) is 3.47. The van der Waals surface area contributed by atoms with E-state index in [9.17, 15) is 0 Å². The zero-order chi connectivity index (χ0) is 7.78. The van der Waals surface area contributed by atoms with E-state index in [1.54, 1.807) is 12.1 Å². The number of furan rings is 1. The molecule has 1 aromatic heterocycles. The zero-order valence-corrected chi connectivity index (χ0v) is 6.77. The van der Waals surface area contributed by atoms with Crippen LogP contribution in [-0.2, 0) is 5.54 Å². The molecule has 0 aliphatic carbocycles. The summed E-state index contributed by atoms with van der Waals surface area (Å²) in [4.78, 5) is 0. The van der Waals surface area contributed by atoms with Crippen molar-refractivity contribution < 1.29 is 4.42 Å². The van der Waals surface area contributed by atoms with Gasteiger partial charge in [-0.2, -0.15) is 0 Å². The van der Waals surface area contributed by atoms with Crippen molar-refractivity contribution in [1.82, 2.24) is 0 Å². The second-order valence-electron chi connectivity index (χ2n) is 2.83. The summed E-state index contributed by atoms with van der Waals surface area (Å²) >= 11 is 5.54. The van der Waals surface area contributed by atoms with Gasteiger partial charge in [0.2, 0.25) is 0 Å². The smallest absolute Gasteiger partial charge is 0.193 e. The lowest BCUT2D eigenvalue weighted by atomic mass is 10.0. The van der Waals surface area contributed by atoms with Gasteiger partial charge < -0.3 is 10.2 Å². The van der Waals surface area contributed by atoms with Crippen molar-refractivity contribution in [1.29, 1.82) is 0 Å². The maximum atomic E-state index is 5.72. The molecule has 0 unspecified atom stereocenters. The topological polar surface area (TPSA) is 39.2 Å². The van der Waals surface area contributed by atoms with Gasteiger partial charge in [-0.1, -0.05) is 0 Å². The van der Waals surface area contributed by atoms with Crippen LogP contribution in [0.1, 0.15) is 19.6 Å². The van der Waals surface area contributed by atoms with Gasteiger partial charge >= 0.3 is 0 Å². The Morgan fingerprint density at radius 2 is 2.10 bits per heavy atom. The van der Waals surface area contributed by atoms with Gasteiger partial charge in [-0.3, -0.25) is 0 Å². The first-order valence-electron chi connectivity index (χ1n) is 3.05. The van der Waals surface area contributed by atoms with E-state index in [2.05, 4.69) is 0 Å². The highest BCUT2D eigenvalue weighted by Gasteiger charge is 2.17. The number of nitrogens with two attached hydrogens (primary N) is 1. The molecule has 0 amide bonds. The Kier molecular flexibility index (Phi) is 1.75. The molecule has 2 N–H and O–H groups in total. The molecule has 0 aliphatic rings. The van der Waals surface area contributed by atoms with Crippen LogP contribution in [0.5, 0.6) is 0 Å². The Hall–Kier alpha value is -0.470. The van der Waals surface area contributed by atoms with Crippen molar-refractivity contribution in [3.05, 3.63) is 23.1 Å². The quantitative estimate of drug-likeness (QED) is 0.682. The van der Waals surface area contributed by atoms with E-state index >= 15 is 0 Å². The lowest BCUT2D eigenvalue weighted by molar-refractivity contribution is 0.395. The van der Waals surface area contributed by atoms with E-state index in [0.717, 1.165) is 0 Å². The molecule has 0 atom stereocenters. The highest BCUT2D eigenvalue weighted by atomic mass is 35.5. The Balaban J connectivity index is 2.96. The Labute approximate surface area is 65.0 Å². The maximum Gasteiger partial charge on any atom is 0.193 e. The highest BCUT2D eigenvalue weighted by Crippen LogP contribution is 2.21. The van der Waals surface area contributed by atoms with E-state index in [0.29, 0.717) is 11.0 Å². The lowest BCUT2D eigenvalue weighted by Gasteiger charge is -2.13. The maximum absolute atomic E-state index is 5.72. The van der Waals surface area contributed by atoms with Crippen LogP contribution >= 0.6 is 11.6 Å². The van der Waals surface area contributed by atoms with E-state index in [4.69, 9.17) is 21.8 Å². The zero-order valence-electron chi connectivity index (χ0n) is 6.02. The molecule has 0 saturated heterocycles. The van der Waals surface area contributed by atoms with Crippen molar-refractivity contribution in [2.24, 2.45) is 5.73 Å². The van der Waals surface area contributed by atoms with Crippen LogP contribution in [0.25, 0.3) is 0 Å². The standard InChI is InChI=1S/C7H10ClNO/c1-7(2,9)5-3-4-6(8)10-5/h3-4H,9H2,1-2H3. The number of hydrogen-bond acceptors (Lipinski definition) is 2. The summed E-state index contributed by atoms with van der Waals surface area (Å²) in [6.45, 7) is 3.73. The summed E-state index contributed by atoms with van der Waals surface area (Å²) in [6.07, 6.45) is 0. The van der Waals surface area contributed by atoms with Crippen molar-refractivity contribution in [3.63, 3.8) is 0 Å². The molecule has 0 aromatic carbocycles. The summed E-state index contributed by atoms with van der Waals surface area (Å²) < 4.78 is 5.09. The normalized spacial score (nSPS) is 12.0. The van der Waals surface area contributed by atoms with Gasteiger partial charge in [-0.05, 0) is 37.6 Å². The molecule has 10 heavy (non-hydrogen) atoms. The lowest BCUT2D eigenvalue weighted by Crippen LogP contribution is -2.27. The largest absolute Gasteiger partial charge is 0.448 e. The molecule has 56 valence electrons. The van der Waals surface area contributed by atoms with Gasteiger partial charge in [-0.15, -0.1) is 0 Å². The van der Waals surface area contributed by atoms with Crippen LogP contribution in [0.3, 0.4) is 0 Å². The SMILES string of the molecule is CC(C)(N)c1ccc(Cl)o1. The van der Waals surface area contributed by atoms with Crippen molar-refractivity contribution in [2.75, 3.05) is 0 Å². The van der Waals surface area contributed by atoms with E-state index < -0.39 is 5.54 Å². The third-order valence-corrected chi connectivity index (χ3v) is 1.41. The van der Waals surface area contributed by atoms with E-state index in [1.807, 2.05) is 13.8 Å². The second-order valence-corrected chi connectivity index (χ2v) is 3.20. The fraction of sp³-hybridized carbons (Fsp3) is 0.429. The van der Waals surface area contributed by atoms with E-state index in [1.165, 1.54) is 0 Å². The molecule has 0 radical (unpaired) electrons. The highest BCUT2D eigenvalue weighted by molar-refractivity contribution is 6.28.